The molecule has 9 heavy (non-hydrogen) atoms. The van der Waals surface area contributed by atoms with E-state index in [2.05, 4.69) is 29.0 Å². The first-order chi connectivity index (χ1) is 4.33. The number of hydrogen-bond acceptors (Lipinski definition) is 1. The summed E-state index contributed by atoms with van der Waals surface area (Å²) in [4.78, 5) is 2.31. The summed E-state index contributed by atoms with van der Waals surface area (Å²) in [6.45, 7) is 8.04. The van der Waals surface area contributed by atoms with Crippen molar-refractivity contribution in [2.75, 3.05) is 33.2 Å². The highest BCUT2D eigenvalue weighted by Crippen LogP contribution is 1.89. The van der Waals surface area contributed by atoms with Crippen LogP contribution in [0.2, 0.25) is 0 Å². The summed E-state index contributed by atoms with van der Waals surface area (Å²) in [5.74, 6) is 2.88. The van der Waals surface area contributed by atoms with Crippen LogP contribution in [0.15, 0.2) is 6.58 Å². The Morgan fingerprint density at radius 3 is 2.44 bits per heavy atom. The molecule has 1 fully saturated rings. The smallest absolute Gasteiger partial charge is 0.164 e. The molecule has 1 rings (SSSR count). The van der Waals surface area contributed by atoms with E-state index in [0.717, 1.165) is 26.2 Å². The molecule has 0 aromatic heterocycles. The summed E-state index contributed by atoms with van der Waals surface area (Å²) in [5.41, 5.74) is 0. The van der Waals surface area contributed by atoms with Crippen LogP contribution >= 0.6 is 0 Å². The minimum absolute atomic E-state index is 1.08. The number of piperazine rings is 1. The number of likely N-dealkylation sites (N-methyl/N-ethyl adjacent to an activating group) is 1. The van der Waals surface area contributed by atoms with Crippen molar-refractivity contribution >= 4 is 5.87 Å². The molecule has 0 aliphatic carbocycles. The molecule has 0 bridgehead atoms. The molecule has 0 spiro atoms. The molecular weight excluding hydrogens is 112 g/mol. The van der Waals surface area contributed by atoms with E-state index in [1.165, 1.54) is 0 Å². The molecule has 0 aromatic rings. The lowest BCUT2D eigenvalue weighted by atomic mass is 10.4. The van der Waals surface area contributed by atoms with E-state index in [0.29, 0.717) is 0 Å². The first kappa shape index (κ1) is 6.53. The minimum atomic E-state index is 1.08. The summed E-state index contributed by atoms with van der Waals surface area (Å²) < 4.78 is 2.12. The van der Waals surface area contributed by atoms with Crippen molar-refractivity contribution in [2.45, 2.75) is 0 Å². The molecule has 2 nitrogen and oxygen atoms in total. The van der Waals surface area contributed by atoms with Gasteiger partial charge in [-0.2, -0.15) is 4.58 Å². The zero-order valence-electron chi connectivity index (χ0n) is 5.93. The van der Waals surface area contributed by atoms with Crippen LogP contribution in [0, 0.1) is 0 Å². The Hall–Kier alpha value is -0.590. The Morgan fingerprint density at radius 1 is 1.44 bits per heavy atom. The standard InChI is InChI=1S/C7H13N2/c1-3-9-6-4-8(2)5-7-9/h1,4-7H2,2H3/q+1. The van der Waals surface area contributed by atoms with Gasteiger partial charge in [0.2, 0.25) is 0 Å². The molecule has 0 N–H and O–H groups in total. The van der Waals surface area contributed by atoms with E-state index in [1.54, 1.807) is 0 Å². The largest absolute Gasteiger partial charge is 0.294 e. The molecule has 0 unspecified atom stereocenters. The third-order valence-electron chi connectivity index (χ3n) is 1.73. The van der Waals surface area contributed by atoms with Crippen molar-refractivity contribution in [3.63, 3.8) is 0 Å². The fraction of sp³-hybridized carbons (Fsp3) is 0.714. The molecule has 1 saturated heterocycles. The lowest BCUT2D eigenvalue weighted by Gasteiger charge is -2.18. The maximum atomic E-state index is 3.59. The minimum Gasteiger partial charge on any atom is -0.294 e. The van der Waals surface area contributed by atoms with Crippen LogP contribution in [0.1, 0.15) is 0 Å². The number of rotatable bonds is 0. The molecule has 0 radical (unpaired) electrons. The van der Waals surface area contributed by atoms with E-state index in [-0.39, 0.29) is 0 Å². The summed E-state index contributed by atoms with van der Waals surface area (Å²) >= 11 is 0. The Labute approximate surface area is 56.1 Å². The maximum Gasteiger partial charge on any atom is 0.164 e. The highest BCUT2D eigenvalue weighted by Gasteiger charge is 2.13. The lowest BCUT2D eigenvalue weighted by molar-refractivity contribution is -0.532. The van der Waals surface area contributed by atoms with Crippen molar-refractivity contribution in [2.24, 2.45) is 0 Å². The van der Waals surface area contributed by atoms with Gasteiger partial charge < -0.3 is 0 Å². The molecule has 50 valence electrons. The second kappa shape index (κ2) is 2.81. The van der Waals surface area contributed by atoms with Crippen LogP contribution in [0.4, 0.5) is 0 Å². The summed E-state index contributed by atoms with van der Waals surface area (Å²) in [5, 5.41) is 0. The highest BCUT2D eigenvalue weighted by molar-refractivity contribution is 5.39. The van der Waals surface area contributed by atoms with Gasteiger partial charge in [-0.3, -0.25) is 4.90 Å². The van der Waals surface area contributed by atoms with Gasteiger partial charge in [0, 0.05) is 6.58 Å². The van der Waals surface area contributed by atoms with Crippen molar-refractivity contribution in [3.8, 4) is 0 Å². The van der Waals surface area contributed by atoms with Gasteiger partial charge in [-0.15, -0.1) is 0 Å². The molecule has 2 heteroatoms. The van der Waals surface area contributed by atoms with Crippen LogP contribution in [0.3, 0.4) is 0 Å². The number of hydrogen-bond donors (Lipinski definition) is 0. The van der Waals surface area contributed by atoms with E-state index < -0.39 is 0 Å². The molecule has 1 heterocycles. The van der Waals surface area contributed by atoms with Crippen LogP contribution in [0.5, 0.6) is 0 Å². The second-order valence-electron chi connectivity index (χ2n) is 2.45. The second-order valence-corrected chi connectivity index (χ2v) is 2.45. The molecule has 1 aliphatic rings. The Kier molecular flexibility index (Phi) is 2.04. The predicted octanol–water partition coefficient (Wildman–Crippen LogP) is -0.200. The molecule has 0 aromatic carbocycles. The number of nitrogens with zero attached hydrogens (tertiary/aromatic N) is 2. The summed E-state index contributed by atoms with van der Waals surface area (Å²) in [6.07, 6.45) is 0. The quantitative estimate of drug-likeness (QED) is 0.406. The predicted molar refractivity (Wildman–Crippen MR) is 38.1 cm³/mol. The van der Waals surface area contributed by atoms with Crippen molar-refractivity contribution in [3.05, 3.63) is 6.58 Å². The molecule has 0 saturated carbocycles. The van der Waals surface area contributed by atoms with E-state index in [1.807, 2.05) is 0 Å². The van der Waals surface area contributed by atoms with E-state index in [4.69, 9.17) is 0 Å². The van der Waals surface area contributed by atoms with Gasteiger partial charge in [0.15, 0.2) is 19.0 Å². The Morgan fingerprint density at radius 2 is 2.00 bits per heavy atom. The van der Waals surface area contributed by atoms with E-state index in [9.17, 15) is 0 Å². The fourth-order valence-corrected chi connectivity index (χ4v) is 0.965. The van der Waals surface area contributed by atoms with Crippen LogP contribution in [0.25, 0.3) is 0 Å². The fourth-order valence-electron chi connectivity index (χ4n) is 0.965. The van der Waals surface area contributed by atoms with Crippen molar-refractivity contribution in [1.29, 1.82) is 0 Å². The highest BCUT2D eigenvalue weighted by atomic mass is 15.2. The molecule has 1 aliphatic heterocycles. The first-order valence-corrected chi connectivity index (χ1v) is 3.29. The Bertz CT molecular complexity index is 135. The van der Waals surface area contributed by atoms with Gasteiger partial charge in [0.05, 0.1) is 13.1 Å². The zero-order chi connectivity index (χ0) is 6.69. The SMILES string of the molecule is C=C=[N+]1CCN(C)CC1. The average Bonchev–Trinajstić information content (AvgIpc) is 1.90. The summed E-state index contributed by atoms with van der Waals surface area (Å²) in [7, 11) is 2.14. The normalized spacial score (nSPS) is 21.7. The van der Waals surface area contributed by atoms with Gasteiger partial charge in [-0.1, -0.05) is 0 Å². The van der Waals surface area contributed by atoms with Crippen molar-refractivity contribution in [1.82, 2.24) is 4.90 Å². The topological polar surface area (TPSA) is 6.25 Å². The van der Waals surface area contributed by atoms with Crippen LogP contribution < -0.4 is 0 Å². The van der Waals surface area contributed by atoms with Crippen LogP contribution in [-0.2, 0) is 0 Å². The zero-order valence-corrected chi connectivity index (χ0v) is 5.93. The third-order valence-corrected chi connectivity index (χ3v) is 1.73. The van der Waals surface area contributed by atoms with Gasteiger partial charge in [-0.05, 0) is 7.05 Å². The Balaban J connectivity index is 2.44. The van der Waals surface area contributed by atoms with Crippen molar-refractivity contribution < 1.29 is 4.58 Å². The maximum absolute atomic E-state index is 3.59. The monoisotopic (exact) mass is 125 g/mol. The van der Waals surface area contributed by atoms with Gasteiger partial charge in [0.1, 0.15) is 0 Å². The lowest BCUT2D eigenvalue weighted by Crippen LogP contribution is -2.39. The molecule has 0 amide bonds. The van der Waals surface area contributed by atoms with Gasteiger partial charge >= 0.3 is 0 Å². The molecule has 0 atom stereocenters. The third kappa shape index (κ3) is 1.67. The van der Waals surface area contributed by atoms with E-state index >= 15 is 0 Å². The average molecular weight is 125 g/mol. The molecular formula is C7H13N2+. The first-order valence-electron chi connectivity index (χ1n) is 3.29. The van der Waals surface area contributed by atoms with Gasteiger partial charge in [-0.25, -0.2) is 0 Å². The van der Waals surface area contributed by atoms with Crippen LogP contribution in [-0.4, -0.2) is 48.6 Å². The van der Waals surface area contributed by atoms with Gasteiger partial charge in [0.25, 0.3) is 0 Å². The summed E-state index contributed by atoms with van der Waals surface area (Å²) in [6, 6.07) is 0.